The van der Waals surface area contributed by atoms with E-state index in [-0.39, 0.29) is 18.4 Å². The van der Waals surface area contributed by atoms with Crippen LogP contribution in [0.1, 0.15) is 21.5 Å². The lowest BCUT2D eigenvalue weighted by Crippen LogP contribution is -2.32. The van der Waals surface area contributed by atoms with Crippen molar-refractivity contribution in [3.05, 3.63) is 64.4 Å². The van der Waals surface area contributed by atoms with Crippen LogP contribution < -0.4 is 5.32 Å². The van der Waals surface area contributed by atoms with Crippen LogP contribution in [0.25, 0.3) is 0 Å². The van der Waals surface area contributed by atoms with Gasteiger partial charge in [0.1, 0.15) is 0 Å². The fraction of sp³-hybridized carbons (Fsp3) is 0.294. The van der Waals surface area contributed by atoms with Crippen molar-refractivity contribution in [2.75, 3.05) is 13.2 Å². The van der Waals surface area contributed by atoms with E-state index in [1.165, 1.54) is 0 Å². The SMILES string of the molecule is Cc1ccc(C(=O)NCC(CO)Cc2ccncc2)c(Cl)c1. The molecule has 2 N–H and O–H groups in total. The summed E-state index contributed by atoms with van der Waals surface area (Å²) in [4.78, 5) is 16.1. The van der Waals surface area contributed by atoms with Gasteiger partial charge in [-0.15, -0.1) is 0 Å². The second-order valence-electron chi connectivity index (χ2n) is 5.30. The van der Waals surface area contributed by atoms with Crippen molar-refractivity contribution in [1.29, 1.82) is 0 Å². The second kappa shape index (κ2) is 7.92. The van der Waals surface area contributed by atoms with Crippen LogP contribution in [-0.2, 0) is 6.42 Å². The van der Waals surface area contributed by atoms with E-state index in [0.717, 1.165) is 11.1 Å². The molecule has 2 aromatic rings. The summed E-state index contributed by atoms with van der Waals surface area (Å²) in [6.45, 7) is 2.32. The summed E-state index contributed by atoms with van der Waals surface area (Å²) in [5.74, 6) is -0.270. The van der Waals surface area contributed by atoms with Gasteiger partial charge in [-0.2, -0.15) is 0 Å². The summed E-state index contributed by atoms with van der Waals surface area (Å²) < 4.78 is 0. The molecule has 1 aromatic carbocycles. The number of nitrogens with zero attached hydrogens (tertiary/aromatic N) is 1. The van der Waals surface area contributed by atoms with Gasteiger partial charge in [0.05, 0.1) is 10.6 Å². The number of aliphatic hydroxyl groups is 1. The first kappa shape index (κ1) is 16.5. The number of amides is 1. The van der Waals surface area contributed by atoms with E-state index in [1.54, 1.807) is 24.5 Å². The standard InChI is InChI=1S/C17H19ClN2O2/c1-12-2-3-15(16(18)8-12)17(22)20-10-14(11-21)9-13-4-6-19-7-5-13/h2-8,14,21H,9-11H2,1H3,(H,20,22). The highest BCUT2D eigenvalue weighted by molar-refractivity contribution is 6.33. The van der Waals surface area contributed by atoms with Crippen LogP contribution >= 0.6 is 11.6 Å². The van der Waals surface area contributed by atoms with Gasteiger partial charge >= 0.3 is 0 Å². The third kappa shape index (κ3) is 4.55. The number of benzene rings is 1. The maximum atomic E-state index is 12.2. The molecular weight excluding hydrogens is 300 g/mol. The minimum absolute atomic E-state index is 0.00420. The van der Waals surface area contributed by atoms with Crippen LogP contribution in [0.4, 0.5) is 0 Å². The molecule has 116 valence electrons. The van der Waals surface area contributed by atoms with Crippen molar-refractivity contribution in [3.8, 4) is 0 Å². The van der Waals surface area contributed by atoms with Gasteiger partial charge in [-0.25, -0.2) is 0 Å². The smallest absolute Gasteiger partial charge is 0.252 e. The first-order chi connectivity index (χ1) is 10.6. The molecule has 0 aliphatic heterocycles. The van der Waals surface area contributed by atoms with E-state index < -0.39 is 0 Å². The molecule has 1 amide bonds. The Morgan fingerprint density at radius 1 is 1.32 bits per heavy atom. The Kier molecular flexibility index (Phi) is 5.92. The van der Waals surface area contributed by atoms with Crippen LogP contribution in [0.5, 0.6) is 0 Å². The van der Waals surface area contributed by atoms with Crippen LogP contribution in [0.15, 0.2) is 42.7 Å². The number of nitrogens with one attached hydrogen (secondary N) is 1. The van der Waals surface area contributed by atoms with Gasteiger partial charge in [-0.1, -0.05) is 17.7 Å². The lowest BCUT2D eigenvalue weighted by atomic mass is 10.0. The molecule has 2 rings (SSSR count). The number of aliphatic hydroxyl groups excluding tert-OH is 1. The molecule has 4 nitrogen and oxygen atoms in total. The quantitative estimate of drug-likeness (QED) is 0.860. The number of carbonyl (C=O) groups is 1. The van der Waals surface area contributed by atoms with Gasteiger partial charge in [0.15, 0.2) is 0 Å². The van der Waals surface area contributed by atoms with Crippen molar-refractivity contribution in [3.63, 3.8) is 0 Å². The molecule has 5 heteroatoms. The van der Waals surface area contributed by atoms with Crippen molar-refractivity contribution in [2.24, 2.45) is 5.92 Å². The summed E-state index contributed by atoms with van der Waals surface area (Å²) in [6, 6.07) is 9.13. The van der Waals surface area contributed by atoms with Crippen molar-refractivity contribution >= 4 is 17.5 Å². The maximum absolute atomic E-state index is 12.2. The molecule has 0 saturated heterocycles. The van der Waals surface area contributed by atoms with E-state index in [9.17, 15) is 9.90 Å². The van der Waals surface area contributed by atoms with Crippen LogP contribution in [0.3, 0.4) is 0 Å². The molecule has 1 heterocycles. The number of aryl methyl sites for hydroxylation is 1. The Morgan fingerprint density at radius 2 is 2.05 bits per heavy atom. The minimum Gasteiger partial charge on any atom is -0.396 e. The number of carbonyl (C=O) groups excluding carboxylic acids is 1. The molecule has 0 aliphatic carbocycles. The first-order valence-electron chi connectivity index (χ1n) is 7.14. The lowest BCUT2D eigenvalue weighted by molar-refractivity contribution is 0.0940. The van der Waals surface area contributed by atoms with Crippen LogP contribution in [0.2, 0.25) is 5.02 Å². The predicted molar refractivity (Wildman–Crippen MR) is 87.0 cm³/mol. The normalized spacial score (nSPS) is 12.0. The van der Waals surface area contributed by atoms with Crippen molar-refractivity contribution in [1.82, 2.24) is 10.3 Å². The Bertz CT molecular complexity index is 632. The predicted octanol–water partition coefficient (Wildman–Crippen LogP) is 2.62. The number of hydrogen-bond acceptors (Lipinski definition) is 3. The maximum Gasteiger partial charge on any atom is 0.252 e. The zero-order chi connectivity index (χ0) is 15.9. The van der Waals surface area contributed by atoms with E-state index in [4.69, 9.17) is 11.6 Å². The average Bonchev–Trinajstić information content (AvgIpc) is 2.52. The second-order valence-corrected chi connectivity index (χ2v) is 5.71. The minimum atomic E-state index is -0.224. The lowest BCUT2D eigenvalue weighted by Gasteiger charge is -2.15. The summed E-state index contributed by atoms with van der Waals surface area (Å²) in [5.41, 5.74) is 2.54. The number of hydrogen-bond donors (Lipinski definition) is 2. The topological polar surface area (TPSA) is 62.2 Å². The molecular formula is C17H19ClN2O2. The van der Waals surface area contributed by atoms with Gasteiger partial charge in [-0.05, 0) is 48.7 Å². The number of rotatable bonds is 6. The van der Waals surface area contributed by atoms with Crippen LogP contribution in [-0.4, -0.2) is 29.1 Å². The molecule has 1 unspecified atom stereocenters. The van der Waals surface area contributed by atoms with E-state index in [0.29, 0.717) is 23.6 Å². The summed E-state index contributed by atoms with van der Waals surface area (Å²) in [5, 5.41) is 12.7. The van der Waals surface area contributed by atoms with Gasteiger partial charge in [0.25, 0.3) is 5.91 Å². The Morgan fingerprint density at radius 3 is 2.68 bits per heavy atom. The molecule has 0 spiro atoms. The molecule has 0 bridgehead atoms. The highest BCUT2D eigenvalue weighted by atomic mass is 35.5. The van der Waals surface area contributed by atoms with Crippen molar-refractivity contribution < 1.29 is 9.90 Å². The van der Waals surface area contributed by atoms with Gasteiger partial charge in [0, 0.05) is 31.5 Å². The van der Waals surface area contributed by atoms with Gasteiger partial charge in [0.2, 0.25) is 0 Å². The van der Waals surface area contributed by atoms with Gasteiger partial charge < -0.3 is 10.4 Å². The highest BCUT2D eigenvalue weighted by Gasteiger charge is 2.14. The molecule has 0 fully saturated rings. The third-order valence-corrected chi connectivity index (χ3v) is 3.77. The van der Waals surface area contributed by atoms with Gasteiger partial charge in [-0.3, -0.25) is 9.78 Å². The first-order valence-corrected chi connectivity index (χ1v) is 7.52. The van der Waals surface area contributed by atoms with Crippen LogP contribution in [0, 0.1) is 12.8 Å². The summed E-state index contributed by atoms with van der Waals surface area (Å²) >= 11 is 6.09. The Hall–Kier alpha value is -1.91. The largest absolute Gasteiger partial charge is 0.396 e. The third-order valence-electron chi connectivity index (χ3n) is 3.45. The summed E-state index contributed by atoms with van der Waals surface area (Å²) in [6.07, 6.45) is 4.11. The zero-order valence-electron chi connectivity index (χ0n) is 12.4. The molecule has 0 saturated carbocycles. The molecule has 0 radical (unpaired) electrons. The Labute approximate surface area is 135 Å². The molecule has 1 atom stereocenters. The zero-order valence-corrected chi connectivity index (χ0v) is 13.2. The highest BCUT2D eigenvalue weighted by Crippen LogP contribution is 2.17. The fourth-order valence-corrected chi connectivity index (χ4v) is 2.51. The van der Waals surface area contributed by atoms with E-state index in [1.807, 2.05) is 25.1 Å². The molecule has 22 heavy (non-hydrogen) atoms. The summed E-state index contributed by atoms with van der Waals surface area (Å²) in [7, 11) is 0. The monoisotopic (exact) mass is 318 g/mol. The average molecular weight is 319 g/mol. The number of pyridine rings is 1. The number of halogens is 1. The van der Waals surface area contributed by atoms with E-state index >= 15 is 0 Å². The van der Waals surface area contributed by atoms with Crippen molar-refractivity contribution in [2.45, 2.75) is 13.3 Å². The molecule has 1 aromatic heterocycles. The number of aromatic nitrogens is 1. The fourth-order valence-electron chi connectivity index (χ4n) is 2.19. The molecule has 0 aliphatic rings. The Balaban J connectivity index is 1.94. The van der Waals surface area contributed by atoms with E-state index in [2.05, 4.69) is 10.3 Å².